The predicted molar refractivity (Wildman–Crippen MR) is 172 cm³/mol. The van der Waals surface area contributed by atoms with Gasteiger partial charge in [-0.1, -0.05) is 30.3 Å². The van der Waals surface area contributed by atoms with Gasteiger partial charge in [0.05, 0.1) is 13.7 Å². The second-order valence-electron chi connectivity index (χ2n) is 11.5. The van der Waals surface area contributed by atoms with Gasteiger partial charge < -0.3 is 25.0 Å². The fourth-order valence-corrected chi connectivity index (χ4v) is 5.34. The Morgan fingerprint density at radius 1 is 0.933 bits per heavy atom. The molecule has 4 rings (SSSR count). The summed E-state index contributed by atoms with van der Waals surface area (Å²) in [6, 6.07) is 15.3. The summed E-state index contributed by atoms with van der Waals surface area (Å²) in [5.74, 6) is 0.354. The van der Waals surface area contributed by atoms with E-state index in [1.54, 1.807) is 37.2 Å². The number of carbonyl (C=O) groups is 3. The molecule has 0 fully saturated rings. The van der Waals surface area contributed by atoms with Crippen molar-refractivity contribution in [2.24, 2.45) is 0 Å². The lowest BCUT2D eigenvalue weighted by atomic mass is 10.1. The number of hydrogen-bond acceptors (Lipinski definition) is 7. The van der Waals surface area contributed by atoms with Crippen LogP contribution in [0.3, 0.4) is 0 Å². The highest BCUT2D eigenvalue weighted by Crippen LogP contribution is 2.28. The van der Waals surface area contributed by atoms with E-state index < -0.39 is 11.9 Å². The lowest BCUT2D eigenvalue weighted by molar-refractivity contribution is -0.135. The number of fused-ring (bicyclic) bond motifs is 2. The van der Waals surface area contributed by atoms with Gasteiger partial charge in [-0.2, -0.15) is 5.10 Å². The molecule has 11 nitrogen and oxygen atoms in total. The molecule has 3 aromatic rings. The molecule has 1 aliphatic rings. The maximum Gasteiger partial charge on any atom is 0.258 e. The first-order valence-corrected chi connectivity index (χ1v) is 15.7. The smallest absolute Gasteiger partial charge is 0.258 e. The summed E-state index contributed by atoms with van der Waals surface area (Å²) in [4.78, 5) is 42.2. The van der Waals surface area contributed by atoms with Crippen molar-refractivity contribution in [3.05, 3.63) is 77.6 Å². The van der Waals surface area contributed by atoms with Gasteiger partial charge in [0.25, 0.3) is 5.91 Å². The Morgan fingerprint density at radius 2 is 1.67 bits per heavy atom. The van der Waals surface area contributed by atoms with E-state index in [-0.39, 0.29) is 18.4 Å². The van der Waals surface area contributed by atoms with Crippen LogP contribution in [0.2, 0.25) is 0 Å². The number of amides is 3. The van der Waals surface area contributed by atoms with Gasteiger partial charge in [0.1, 0.15) is 6.04 Å². The van der Waals surface area contributed by atoms with E-state index in [1.165, 1.54) is 18.2 Å². The molecular weight excluding hydrogens is 572 g/mol. The predicted octanol–water partition coefficient (Wildman–Crippen LogP) is 3.02. The Hall–Kier alpha value is -4.38. The number of aryl methyl sites for hydroxylation is 1. The molecule has 0 unspecified atom stereocenters. The molecule has 2 aromatic carbocycles. The molecule has 2 N–H and O–H groups in total. The van der Waals surface area contributed by atoms with Gasteiger partial charge in [-0.25, -0.2) is 0 Å². The number of aromatic nitrogens is 2. The summed E-state index contributed by atoms with van der Waals surface area (Å²) in [5, 5.41) is 10.1. The minimum atomic E-state index is -0.677. The van der Waals surface area contributed by atoms with E-state index in [0.717, 1.165) is 51.0 Å². The molecule has 2 heterocycles. The average molecular weight is 619 g/mol. The Kier molecular flexibility index (Phi) is 12.8. The third-order valence-corrected chi connectivity index (χ3v) is 7.88. The highest BCUT2D eigenvalue weighted by atomic mass is 16.5. The van der Waals surface area contributed by atoms with Crippen LogP contribution in [-0.2, 0) is 33.9 Å². The molecule has 0 saturated heterocycles. The van der Waals surface area contributed by atoms with Gasteiger partial charge in [0.2, 0.25) is 11.8 Å². The first kappa shape index (κ1) is 33.5. The number of hydrogen-bond donors (Lipinski definition) is 2. The molecule has 3 amide bonds. The van der Waals surface area contributed by atoms with Crippen molar-refractivity contribution in [3.63, 3.8) is 0 Å². The van der Waals surface area contributed by atoms with Crippen LogP contribution < -0.4 is 20.1 Å². The summed E-state index contributed by atoms with van der Waals surface area (Å²) in [6.07, 6.45) is 7.18. The third-order valence-electron chi connectivity index (χ3n) is 7.88. The molecule has 1 atom stereocenters. The van der Waals surface area contributed by atoms with E-state index in [9.17, 15) is 14.4 Å². The average Bonchev–Trinajstić information content (AvgIpc) is 3.56. The van der Waals surface area contributed by atoms with Crippen LogP contribution in [-0.4, -0.2) is 90.3 Å². The number of carbonyl (C=O) groups excluding carboxylic acids is 3. The molecule has 2 bridgehead atoms. The minimum Gasteiger partial charge on any atom is -0.493 e. The fraction of sp³-hybridized carbons (Fsp3) is 0.471. The van der Waals surface area contributed by atoms with Crippen LogP contribution in [0, 0.1) is 0 Å². The molecular formula is C34H46N6O5. The van der Waals surface area contributed by atoms with Gasteiger partial charge in [-0.15, -0.1) is 0 Å². The summed E-state index contributed by atoms with van der Waals surface area (Å²) in [7, 11) is 3.30. The highest BCUT2D eigenvalue weighted by molar-refractivity contribution is 5.87. The number of benzene rings is 2. The largest absolute Gasteiger partial charge is 0.493 e. The van der Waals surface area contributed by atoms with E-state index in [2.05, 4.69) is 44.9 Å². The number of nitrogens with zero attached hydrogens (tertiary/aromatic N) is 4. The summed E-state index contributed by atoms with van der Waals surface area (Å²) < 4.78 is 13.0. The number of rotatable bonds is 5. The molecule has 0 radical (unpaired) electrons. The topological polar surface area (TPSA) is 118 Å². The quantitative estimate of drug-likeness (QED) is 0.452. The van der Waals surface area contributed by atoms with Gasteiger partial charge >= 0.3 is 0 Å². The monoisotopic (exact) mass is 618 g/mol. The van der Waals surface area contributed by atoms with Crippen LogP contribution >= 0.6 is 0 Å². The molecule has 0 saturated carbocycles. The van der Waals surface area contributed by atoms with Crippen molar-refractivity contribution >= 4 is 17.7 Å². The van der Waals surface area contributed by atoms with E-state index in [1.807, 2.05) is 23.0 Å². The van der Waals surface area contributed by atoms with Crippen LogP contribution in [0.4, 0.5) is 0 Å². The van der Waals surface area contributed by atoms with E-state index in [4.69, 9.17) is 9.47 Å². The Balaban J connectivity index is 1.39. The molecule has 1 aromatic heterocycles. The van der Waals surface area contributed by atoms with Crippen LogP contribution in [0.1, 0.15) is 49.3 Å². The van der Waals surface area contributed by atoms with Crippen molar-refractivity contribution < 1.29 is 23.9 Å². The van der Waals surface area contributed by atoms with E-state index in [0.29, 0.717) is 37.4 Å². The number of nitrogens with one attached hydrogen (secondary N) is 2. The van der Waals surface area contributed by atoms with Crippen molar-refractivity contribution in [1.82, 2.24) is 30.2 Å². The number of likely N-dealkylation sites (N-methyl/N-ethyl adjacent to an activating group) is 1. The maximum atomic E-state index is 12.9. The number of ether oxygens (including phenoxy) is 2. The minimum absolute atomic E-state index is 0.00387. The maximum absolute atomic E-state index is 12.9. The second kappa shape index (κ2) is 17.2. The molecule has 1 aliphatic heterocycles. The molecule has 242 valence electrons. The first-order valence-electron chi connectivity index (χ1n) is 15.7. The Labute approximate surface area is 265 Å². The lowest BCUT2D eigenvalue weighted by Crippen LogP contribution is -2.47. The van der Waals surface area contributed by atoms with E-state index >= 15 is 0 Å². The molecule has 0 aliphatic carbocycles. The lowest BCUT2D eigenvalue weighted by Gasteiger charge is -2.25. The van der Waals surface area contributed by atoms with Crippen molar-refractivity contribution in [2.75, 3.05) is 46.9 Å². The second-order valence-corrected chi connectivity index (χ2v) is 11.5. The van der Waals surface area contributed by atoms with Crippen LogP contribution in [0.15, 0.2) is 60.9 Å². The zero-order valence-corrected chi connectivity index (χ0v) is 26.7. The highest BCUT2D eigenvalue weighted by Gasteiger charge is 2.20. The first-order chi connectivity index (χ1) is 21.8. The normalized spacial score (nSPS) is 18.6. The van der Waals surface area contributed by atoms with Gasteiger partial charge in [-0.3, -0.25) is 24.0 Å². The molecule has 11 heteroatoms. The third kappa shape index (κ3) is 10.9. The van der Waals surface area contributed by atoms with Crippen molar-refractivity contribution in [2.45, 2.75) is 58.2 Å². The zero-order chi connectivity index (χ0) is 32.0. The zero-order valence-electron chi connectivity index (χ0n) is 26.7. The number of methoxy groups -OCH3 is 1. The Bertz CT molecular complexity index is 1380. The van der Waals surface area contributed by atoms with Crippen molar-refractivity contribution in [1.29, 1.82) is 0 Å². The summed E-state index contributed by atoms with van der Waals surface area (Å²) in [5.41, 5.74) is 3.32. The SMILES string of the molecule is COc1ccc2cc1OCC(=O)N[C@@H](C)C(=O)N(C)CCCCN(Cc1ccc(Cn3cccn3)cc1)CCCNC(=O)CC2. The van der Waals surface area contributed by atoms with Gasteiger partial charge in [0.15, 0.2) is 18.1 Å². The van der Waals surface area contributed by atoms with Crippen LogP contribution in [0.5, 0.6) is 11.5 Å². The van der Waals surface area contributed by atoms with Gasteiger partial charge in [-0.05, 0) is 74.0 Å². The summed E-state index contributed by atoms with van der Waals surface area (Å²) in [6.45, 7) is 5.86. The van der Waals surface area contributed by atoms with Crippen molar-refractivity contribution in [3.8, 4) is 11.5 Å². The van der Waals surface area contributed by atoms with Crippen LogP contribution in [0.25, 0.3) is 0 Å². The standard InChI is InChI=1S/C34H46N6O5/c1-26-34(43)38(2)18-4-5-19-39(23-28-8-10-29(11-9-28)24-40-21-7-17-36-40)20-6-16-35-32(41)15-13-27-12-14-30(44-3)31(22-27)45-25-33(42)37-26/h7-12,14,17,21-22,26H,4-6,13,15-16,18-20,23-25H2,1-3H3,(H,35,41)(H,37,42)/t26-/m0/s1. The fourth-order valence-electron chi connectivity index (χ4n) is 5.34. The Morgan fingerprint density at radius 3 is 2.40 bits per heavy atom. The summed E-state index contributed by atoms with van der Waals surface area (Å²) >= 11 is 0. The molecule has 45 heavy (non-hydrogen) atoms. The van der Waals surface area contributed by atoms with Gasteiger partial charge in [0, 0.05) is 52.0 Å². The molecule has 0 spiro atoms.